The van der Waals surface area contributed by atoms with Crippen LogP contribution in [0.5, 0.6) is 11.5 Å². The Morgan fingerprint density at radius 3 is 1.89 bits per heavy atom. The molecule has 1 N–H and O–H groups in total. The average molecular weight is 368 g/mol. The number of nitriles is 1. The van der Waals surface area contributed by atoms with Crippen molar-refractivity contribution in [1.29, 1.82) is 5.26 Å². The molecule has 2 rings (SSSR count). The van der Waals surface area contributed by atoms with E-state index in [0.29, 0.717) is 17.2 Å². The summed E-state index contributed by atoms with van der Waals surface area (Å²) in [6.45, 7) is 0. The summed E-state index contributed by atoms with van der Waals surface area (Å²) in [5, 5.41) is 22.1. The van der Waals surface area contributed by atoms with Crippen molar-refractivity contribution < 1.29 is 24.2 Å². The lowest BCUT2D eigenvalue weighted by atomic mass is 10.0. The first-order valence-electron chi connectivity index (χ1n) is 8.21. The lowest BCUT2D eigenvalue weighted by Crippen LogP contribution is -2.12. The van der Waals surface area contributed by atoms with Gasteiger partial charge in [0.1, 0.15) is 23.3 Å². The van der Waals surface area contributed by atoms with Crippen LogP contribution in [0.15, 0.2) is 53.7 Å². The highest BCUT2D eigenvalue weighted by Crippen LogP contribution is 2.19. The lowest BCUT2D eigenvalue weighted by molar-refractivity contribution is -0.137. The van der Waals surface area contributed by atoms with Crippen LogP contribution in [-0.4, -0.2) is 37.1 Å². The molecule has 0 aliphatic rings. The predicted molar refractivity (Wildman–Crippen MR) is 99.0 cm³/mol. The van der Waals surface area contributed by atoms with E-state index in [2.05, 4.69) is 5.16 Å². The molecule has 27 heavy (non-hydrogen) atoms. The Bertz CT molecular complexity index is 773. The summed E-state index contributed by atoms with van der Waals surface area (Å²) in [4.78, 5) is 16.0. The second-order valence-electron chi connectivity index (χ2n) is 5.55. The minimum atomic E-state index is -0.992. The van der Waals surface area contributed by atoms with E-state index in [0.717, 1.165) is 11.1 Å². The van der Waals surface area contributed by atoms with E-state index in [1.807, 2.05) is 30.3 Å². The molecule has 1 atom stereocenters. The molecule has 0 radical (unpaired) electrons. The highest BCUT2D eigenvalue weighted by molar-refractivity contribution is 6.12. The average Bonchev–Trinajstić information content (AvgIpc) is 2.71. The standard InChI is InChI=1S/C20H20N2O5/c1-25-16-7-3-14(4-8-16)20(15-5-9-17(26-2)10-6-15)22-27-18(13-21)11-12-19(23)24/h3-10,18H,11-12H2,1-2H3,(H,23,24). The van der Waals surface area contributed by atoms with Crippen LogP contribution in [-0.2, 0) is 9.63 Å². The van der Waals surface area contributed by atoms with Crippen LogP contribution in [0.4, 0.5) is 0 Å². The molecular weight excluding hydrogens is 348 g/mol. The second kappa shape index (κ2) is 9.82. The molecule has 0 fully saturated rings. The Kier molecular flexibility index (Phi) is 7.20. The second-order valence-corrected chi connectivity index (χ2v) is 5.55. The maximum absolute atomic E-state index is 10.7. The van der Waals surface area contributed by atoms with Crippen molar-refractivity contribution in [1.82, 2.24) is 0 Å². The number of oxime groups is 1. The first kappa shape index (κ1) is 19.8. The van der Waals surface area contributed by atoms with Crippen molar-refractivity contribution in [3.63, 3.8) is 0 Å². The van der Waals surface area contributed by atoms with E-state index in [9.17, 15) is 4.79 Å². The van der Waals surface area contributed by atoms with E-state index >= 15 is 0 Å². The third-order valence-corrected chi connectivity index (χ3v) is 3.76. The molecule has 2 aromatic rings. The van der Waals surface area contributed by atoms with E-state index in [4.69, 9.17) is 24.7 Å². The fourth-order valence-corrected chi connectivity index (χ4v) is 2.28. The van der Waals surface area contributed by atoms with Crippen LogP contribution in [0.2, 0.25) is 0 Å². The Morgan fingerprint density at radius 1 is 1.04 bits per heavy atom. The zero-order chi connectivity index (χ0) is 19.6. The number of aliphatic carboxylic acids is 1. The minimum Gasteiger partial charge on any atom is -0.497 e. The number of nitrogens with zero attached hydrogens (tertiary/aromatic N) is 2. The molecule has 0 heterocycles. The number of hydrogen-bond acceptors (Lipinski definition) is 6. The smallest absolute Gasteiger partial charge is 0.303 e. The molecule has 0 saturated carbocycles. The van der Waals surface area contributed by atoms with Gasteiger partial charge in [-0.1, -0.05) is 5.16 Å². The van der Waals surface area contributed by atoms with Gasteiger partial charge in [-0.25, -0.2) is 0 Å². The van der Waals surface area contributed by atoms with E-state index < -0.39 is 12.1 Å². The van der Waals surface area contributed by atoms with Crippen molar-refractivity contribution in [3.05, 3.63) is 59.7 Å². The SMILES string of the molecule is COc1ccc(C(=NOC(C#N)CCC(=O)O)c2ccc(OC)cc2)cc1. The van der Waals surface area contributed by atoms with Crippen molar-refractivity contribution >= 4 is 11.7 Å². The van der Waals surface area contributed by atoms with Gasteiger partial charge in [-0.15, -0.1) is 0 Å². The highest BCUT2D eigenvalue weighted by Gasteiger charge is 2.14. The molecule has 0 saturated heterocycles. The highest BCUT2D eigenvalue weighted by atomic mass is 16.6. The maximum atomic E-state index is 10.7. The first-order chi connectivity index (χ1) is 13.1. The molecule has 2 aromatic carbocycles. The van der Waals surface area contributed by atoms with Gasteiger partial charge < -0.3 is 19.4 Å². The Labute approximate surface area is 157 Å². The van der Waals surface area contributed by atoms with E-state index in [1.165, 1.54) is 0 Å². The number of hydrogen-bond donors (Lipinski definition) is 1. The van der Waals surface area contributed by atoms with Crippen molar-refractivity contribution in [2.45, 2.75) is 18.9 Å². The van der Waals surface area contributed by atoms with Crippen LogP contribution in [0.25, 0.3) is 0 Å². The van der Waals surface area contributed by atoms with Crippen molar-refractivity contribution in [2.75, 3.05) is 14.2 Å². The summed E-state index contributed by atoms with van der Waals surface area (Å²) >= 11 is 0. The third kappa shape index (κ3) is 5.75. The summed E-state index contributed by atoms with van der Waals surface area (Å²) in [5.41, 5.74) is 2.03. The number of carboxylic acid groups (broad SMARTS) is 1. The summed E-state index contributed by atoms with van der Waals surface area (Å²) in [6, 6.07) is 16.4. The van der Waals surface area contributed by atoms with E-state index in [1.54, 1.807) is 38.5 Å². The molecule has 7 heteroatoms. The van der Waals surface area contributed by atoms with E-state index in [-0.39, 0.29) is 12.8 Å². The number of benzene rings is 2. The topological polar surface area (TPSA) is 101 Å². The zero-order valence-electron chi connectivity index (χ0n) is 15.1. The minimum absolute atomic E-state index is 0.0494. The summed E-state index contributed by atoms with van der Waals surface area (Å²) in [7, 11) is 3.16. The summed E-state index contributed by atoms with van der Waals surface area (Å²) in [6.07, 6.45) is -1.07. The van der Waals surface area contributed by atoms with Crippen LogP contribution in [0, 0.1) is 11.3 Å². The number of carboxylic acids is 1. The van der Waals surface area contributed by atoms with Gasteiger partial charge in [-0.3, -0.25) is 4.79 Å². The van der Waals surface area contributed by atoms with Gasteiger partial charge in [0.25, 0.3) is 0 Å². The zero-order valence-corrected chi connectivity index (χ0v) is 15.1. The van der Waals surface area contributed by atoms with Gasteiger partial charge in [0.05, 0.1) is 20.6 Å². The van der Waals surface area contributed by atoms with Gasteiger partial charge in [0.2, 0.25) is 6.10 Å². The Balaban J connectivity index is 2.32. The molecular formula is C20H20N2O5. The van der Waals surface area contributed by atoms with Gasteiger partial charge in [0.15, 0.2) is 0 Å². The largest absolute Gasteiger partial charge is 0.497 e. The molecule has 0 amide bonds. The fourth-order valence-electron chi connectivity index (χ4n) is 2.28. The van der Waals surface area contributed by atoms with Crippen molar-refractivity contribution in [2.24, 2.45) is 5.16 Å². The van der Waals surface area contributed by atoms with Crippen LogP contribution < -0.4 is 9.47 Å². The first-order valence-corrected chi connectivity index (χ1v) is 8.21. The van der Waals surface area contributed by atoms with Gasteiger partial charge in [-0.05, 0) is 48.5 Å². The number of rotatable bonds is 9. The van der Waals surface area contributed by atoms with Crippen LogP contribution in [0.1, 0.15) is 24.0 Å². The molecule has 140 valence electrons. The van der Waals surface area contributed by atoms with Gasteiger partial charge >= 0.3 is 5.97 Å². The quantitative estimate of drug-likeness (QED) is 0.539. The normalized spacial score (nSPS) is 11.0. The van der Waals surface area contributed by atoms with Crippen LogP contribution in [0.3, 0.4) is 0 Å². The number of carbonyl (C=O) groups is 1. The summed E-state index contributed by atoms with van der Waals surface area (Å²) in [5.74, 6) is 0.406. The summed E-state index contributed by atoms with van der Waals surface area (Å²) < 4.78 is 10.3. The molecule has 1 unspecified atom stereocenters. The predicted octanol–water partition coefficient (Wildman–Crippen LogP) is 3.23. The Hall–Kier alpha value is -3.53. The molecule has 0 bridgehead atoms. The maximum Gasteiger partial charge on any atom is 0.303 e. The monoisotopic (exact) mass is 368 g/mol. The third-order valence-electron chi connectivity index (χ3n) is 3.76. The molecule has 0 aliphatic carbocycles. The molecule has 0 aliphatic heterocycles. The molecule has 0 aromatic heterocycles. The Morgan fingerprint density at radius 2 is 1.52 bits per heavy atom. The van der Waals surface area contributed by atoms with Crippen LogP contribution >= 0.6 is 0 Å². The molecule has 0 spiro atoms. The van der Waals surface area contributed by atoms with Gasteiger partial charge in [-0.2, -0.15) is 5.26 Å². The number of methoxy groups -OCH3 is 2. The number of ether oxygens (including phenoxy) is 2. The van der Waals surface area contributed by atoms with Gasteiger partial charge in [0, 0.05) is 17.5 Å². The fraction of sp³-hybridized carbons (Fsp3) is 0.250. The lowest BCUT2D eigenvalue weighted by Gasteiger charge is -2.11. The van der Waals surface area contributed by atoms with Crippen molar-refractivity contribution in [3.8, 4) is 17.6 Å². The molecule has 7 nitrogen and oxygen atoms in total.